The van der Waals surface area contributed by atoms with Crippen LogP contribution in [0.5, 0.6) is 0 Å². The average molecular weight is 538 g/mol. The lowest BCUT2D eigenvalue weighted by Crippen LogP contribution is -2.28. The molecule has 216 valence electrons. The standard InChI is InChI=1S/C27H56NO7P/c1-3-5-7-9-10-11-12-13-14-15-16-17-19-22-32-24-26(25-34-36(30,31)33-23-21-28)35-27(29)20-18-8-6-4-2/h26H,3-25,28H2,1-2H3,(H,30,31). The molecule has 0 rings (SSSR count). The van der Waals surface area contributed by atoms with E-state index in [0.29, 0.717) is 13.0 Å². The highest BCUT2D eigenvalue weighted by atomic mass is 31.2. The van der Waals surface area contributed by atoms with Crippen LogP contribution in [0.4, 0.5) is 0 Å². The van der Waals surface area contributed by atoms with Gasteiger partial charge in [0.1, 0.15) is 6.10 Å². The summed E-state index contributed by atoms with van der Waals surface area (Å²) in [4.78, 5) is 21.9. The maximum Gasteiger partial charge on any atom is 0.472 e. The molecule has 8 nitrogen and oxygen atoms in total. The fourth-order valence-corrected chi connectivity index (χ4v) is 4.64. The molecule has 0 aliphatic rings. The van der Waals surface area contributed by atoms with E-state index in [2.05, 4.69) is 13.8 Å². The minimum absolute atomic E-state index is 0.0921. The number of nitrogens with two attached hydrogens (primary N) is 1. The van der Waals surface area contributed by atoms with Crippen molar-refractivity contribution in [1.29, 1.82) is 0 Å². The van der Waals surface area contributed by atoms with Gasteiger partial charge in [-0.1, -0.05) is 110 Å². The summed E-state index contributed by atoms with van der Waals surface area (Å²) in [5, 5.41) is 0. The fourth-order valence-electron chi connectivity index (χ4n) is 3.88. The lowest BCUT2D eigenvalue weighted by atomic mass is 10.0. The Hall–Kier alpha value is -0.500. The number of phosphoric ester groups is 1. The van der Waals surface area contributed by atoms with Crippen LogP contribution in [-0.4, -0.2) is 49.9 Å². The van der Waals surface area contributed by atoms with Crippen molar-refractivity contribution in [2.24, 2.45) is 5.73 Å². The van der Waals surface area contributed by atoms with Crippen LogP contribution in [0.1, 0.15) is 129 Å². The third-order valence-electron chi connectivity index (χ3n) is 6.02. The zero-order valence-corrected chi connectivity index (χ0v) is 24.2. The second-order valence-electron chi connectivity index (χ2n) is 9.63. The Bertz CT molecular complexity index is 536. The Morgan fingerprint density at radius 1 is 0.722 bits per heavy atom. The van der Waals surface area contributed by atoms with Crippen molar-refractivity contribution in [3.8, 4) is 0 Å². The van der Waals surface area contributed by atoms with Gasteiger partial charge in [-0.15, -0.1) is 0 Å². The predicted octanol–water partition coefficient (Wildman–Crippen LogP) is 7.07. The van der Waals surface area contributed by atoms with Crippen LogP contribution < -0.4 is 5.73 Å². The number of hydrogen-bond acceptors (Lipinski definition) is 7. The molecule has 2 atom stereocenters. The zero-order chi connectivity index (χ0) is 26.7. The zero-order valence-electron chi connectivity index (χ0n) is 23.3. The van der Waals surface area contributed by atoms with E-state index in [-0.39, 0.29) is 32.3 Å². The smallest absolute Gasteiger partial charge is 0.457 e. The summed E-state index contributed by atoms with van der Waals surface area (Å²) in [5.74, 6) is -0.347. The van der Waals surface area contributed by atoms with E-state index in [1.54, 1.807) is 0 Å². The van der Waals surface area contributed by atoms with Gasteiger partial charge in [-0.05, 0) is 12.8 Å². The molecule has 0 radical (unpaired) electrons. The minimum Gasteiger partial charge on any atom is -0.457 e. The molecule has 3 N–H and O–H groups in total. The van der Waals surface area contributed by atoms with E-state index in [9.17, 15) is 14.3 Å². The van der Waals surface area contributed by atoms with Gasteiger partial charge in [-0.3, -0.25) is 13.8 Å². The Labute approximate surface area is 221 Å². The Morgan fingerprint density at radius 2 is 1.22 bits per heavy atom. The van der Waals surface area contributed by atoms with Crippen LogP contribution in [0.15, 0.2) is 0 Å². The van der Waals surface area contributed by atoms with Gasteiger partial charge in [0.25, 0.3) is 0 Å². The number of carbonyl (C=O) groups is 1. The number of carbonyl (C=O) groups excluding carboxylic acids is 1. The molecule has 2 unspecified atom stereocenters. The molecule has 36 heavy (non-hydrogen) atoms. The first-order chi connectivity index (χ1) is 17.4. The number of esters is 1. The molecule has 0 aromatic carbocycles. The van der Waals surface area contributed by atoms with Crippen molar-refractivity contribution in [2.45, 2.75) is 136 Å². The summed E-state index contributed by atoms with van der Waals surface area (Å²) in [6.07, 6.45) is 20.2. The summed E-state index contributed by atoms with van der Waals surface area (Å²) in [6.45, 7) is 4.79. The predicted molar refractivity (Wildman–Crippen MR) is 146 cm³/mol. The second kappa shape index (κ2) is 26.1. The summed E-state index contributed by atoms with van der Waals surface area (Å²) >= 11 is 0. The molecule has 0 fully saturated rings. The summed E-state index contributed by atoms with van der Waals surface area (Å²) in [6, 6.07) is 0. The van der Waals surface area contributed by atoms with E-state index in [4.69, 9.17) is 24.3 Å². The Balaban J connectivity index is 4.01. The van der Waals surface area contributed by atoms with Crippen molar-refractivity contribution in [2.75, 3.05) is 33.0 Å². The quantitative estimate of drug-likeness (QED) is 0.0618. The van der Waals surface area contributed by atoms with E-state index in [0.717, 1.165) is 38.5 Å². The molecular formula is C27H56NO7P. The monoisotopic (exact) mass is 537 g/mol. The third-order valence-corrected chi connectivity index (χ3v) is 7.01. The molecule has 0 amide bonds. The Morgan fingerprint density at radius 3 is 1.75 bits per heavy atom. The third kappa shape index (κ3) is 25.2. The summed E-state index contributed by atoms with van der Waals surface area (Å²) in [5.41, 5.74) is 5.29. The van der Waals surface area contributed by atoms with Crippen LogP contribution >= 0.6 is 7.82 Å². The molecule has 0 bridgehead atoms. The number of phosphoric acid groups is 1. The van der Waals surface area contributed by atoms with E-state index in [1.165, 1.54) is 70.6 Å². The van der Waals surface area contributed by atoms with Gasteiger partial charge in [0.15, 0.2) is 0 Å². The fraction of sp³-hybridized carbons (Fsp3) is 0.963. The van der Waals surface area contributed by atoms with Crippen LogP contribution in [0.2, 0.25) is 0 Å². The molecule has 0 aliphatic heterocycles. The molecule has 9 heteroatoms. The average Bonchev–Trinajstić information content (AvgIpc) is 2.86. The topological polar surface area (TPSA) is 117 Å². The van der Waals surface area contributed by atoms with Crippen molar-refractivity contribution >= 4 is 13.8 Å². The molecule has 0 saturated heterocycles. The number of hydrogen-bond donors (Lipinski definition) is 2. The Kier molecular flexibility index (Phi) is 25.8. The van der Waals surface area contributed by atoms with Crippen LogP contribution in [0.3, 0.4) is 0 Å². The van der Waals surface area contributed by atoms with Gasteiger partial charge < -0.3 is 20.1 Å². The van der Waals surface area contributed by atoms with Gasteiger partial charge in [0, 0.05) is 19.6 Å². The van der Waals surface area contributed by atoms with Crippen molar-refractivity contribution < 1.29 is 32.8 Å². The lowest BCUT2D eigenvalue weighted by molar-refractivity contribution is -0.154. The largest absolute Gasteiger partial charge is 0.472 e. The van der Waals surface area contributed by atoms with Gasteiger partial charge in [0.2, 0.25) is 0 Å². The van der Waals surface area contributed by atoms with E-state index >= 15 is 0 Å². The molecule has 0 heterocycles. The normalized spacial score (nSPS) is 14.0. The highest BCUT2D eigenvalue weighted by molar-refractivity contribution is 7.47. The van der Waals surface area contributed by atoms with Gasteiger partial charge in [-0.25, -0.2) is 4.57 Å². The highest BCUT2D eigenvalue weighted by Crippen LogP contribution is 2.43. The first kappa shape index (κ1) is 35.5. The SMILES string of the molecule is CCCCCCCCCCCCCCCOCC(COP(=O)(O)OCCN)OC(=O)CCCCCC. The van der Waals surface area contributed by atoms with Crippen molar-refractivity contribution in [3.05, 3.63) is 0 Å². The van der Waals surface area contributed by atoms with E-state index in [1.807, 2.05) is 0 Å². The number of rotatable bonds is 28. The van der Waals surface area contributed by atoms with Gasteiger partial charge in [-0.2, -0.15) is 0 Å². The second-order valence-corrected chi connectivity index (χ2v) is 11.1. The first-order valence-corrected chi connectivity index (χ1v) is 16.0. The summed E-state index contributed by atoms with van der Waals surface area (Å²) < 4.78 is 32.8. The molecule has 0 aliphatic carbocycles. The molecule has 0 aromatic heterocycles. The first-order valence-electron chi connectivity index (χ1n) is 14.5. The lowest BCUT2D eigenvalue weighted by Gasteiger charge is -2.20. The molecule has 0 aromatic rings. The van der Waals surface area contributed by atoms with Crippen molar-refractivity contribution in [1.82, 2.24) is 0 Å². The molecule has 0 saturated carbocycles. The van der Waals surface area contributed by atoms with Crippen LogP contribution in [0, 0.1) is 0 Å². The number of ether oxygens (including phenoxy) is 2. The van der Waals surface area contributed by atoms with Gasteiger partial charge >= 0.3 is 13.8 Å². The van der Waals surface area contributed by atoms with Gasteiger partial charge in [0.05, 0.1) is 19.8 Å². The van der Waals surface area contributed by atoms with E-state index < -0.39 is 13.9 Å². The molecular weight excluding hydrogens is 481 g/mol. The van der Waals surface area contributed by atoms with Crippen molar-refractivity contribution in [3.63, 3.8) is 0 Å². The summed E-state index contributed by atoms with van der Waals surface area (Å²) in [7, 11) is -4.24. The van der Waals surface area contributed by atoms with Crippen LogP contribution in [-0.2, 0) is 27.9 Å². The minimum atomic E-state index is -4.24. The molecule has 0 spiro atoms. The number of unbranched alkanes of at least 4 members (excludes halogenated alkanes) is 15. The maximum absolute atomic E-state index is 12.2. The van der Waals surface area contributed by atoms with Crippen LogP contribution in [0.25, 0.3) is 0 Å². The highest BCUT2D eigenvalue weighted by Gasteiger charge is 2.25. The maximum atomic E-state index is 12.2.